The second-order valence-electron chi connectivity index (χ2n) is 7.83. The van der Waals surface area contributed by atoms with Gasteiger partial charge in [-0.3, -0.25) is 14.2 Å². The van der Waals surface area contributed by atoms with Crippen LogP contribution in [0, 0.1) is 5.82 Å². The quantitative estimate of drug-likeness (QED) is 0.455. The maximum absolute atomic E-state index is 14.3. The highest BCUT2D eigenvalue weighted by atomic mass is 19.1. The van der Waals surface area contributed by atoms with Gasteiger partial charge < -0.3 is 25.1 Å². The molecule has 4 rings (SSSR count). The number of aliphatic hydroxyl groups is 1. The lowest BCUT2D eigenvalue weighted by Gasteiger charge is -2.17. The fourth-order valence-electron chi connectivity index (χ4n) is 3.85. The van der Waals surface area contributed by atoms with Gasteiger partial charge in [-0.1, -0.05) is 36.4 Å². The second-order valence-corrected chi connectivity index (χ2v) is 7.83. The molecule has 180 valence electrons. The fourth-order valence-corrected chi connectivity index (χ4v) is 3.85. The van der Waals surface area contributed by atoms with Crippen LogP contribution in [0.15, 0.2) is 58.3 Å². The summed E-state index contributed by atoms with van der Waals surface area (Å²) in [7, 11) is 0. The van der Waals surface area contributed by atoms with Crippen LogP contribution in [0.5, 0.6) is 0 Å². The van der Waals surface area contributed by atoms with E-state index in [4.69, 9.17) is 19.9 Å². The molecule has 0 radical (unpaired) electrons. The van der Waals surface area contributed by atoms with Gasteiger partial charge in [0.05, 0.1) is 32.1 Å². The molecule has 1 aromatic heterocycles. The number of carbonyl (C=O) groups is 1. The molecule has 1 aliphatic rings. The van der Waals surface area contributed by atoms with Crippen LogP contribution >= 0.6 is 0 Å². The summed E-state index contributed by atoms with van der Waals surface area (Å²) in [6.45, 7) is -1.40. The third kappa shape index (κ3) is 4.92. The number of nitrogens with two attached hydrogens (primary N) is 1. The minimum absolute atomic E-state index is 0.124. The van der Waals surface area contributed by atoms with Crippen LogP contribution in [0.3, 0.4) is 0 Å². The monoisotopic (exact) mass is 473 g/mol. The number of aliphatic hydroxyl groups excluding tert-OH is 1. The van der Waals surface area contributed by atoms with E-state index in [2.05, 4.69) is 0 Å². The van der Waals surface area contributed by atoms with Gasteiger partial charge in [0.15, 0.2) is 6.73 Å². The number of hydrogen-bond acceptors (Lipinski definition) is 8. The van der Waals surface area contributed by atoms with Crippen molar-refractivity contribution in [3.8, 4) is 0 Å². The third-order valence-electron chi connectivity index (χ3n) is 5.62. The van der Waals surface area contributed by atoms with E-state index in [0.717, 1.165) is 27.1 Å². The van der Waals surface area contributed by atoms with Crippen molar-refractivity contribution < 1.29 is 28.5 Å². The number of fused-ring (bicyclic) bond motifs is 1. The predicted octanol–water partition coefficient (Wildman–Crippen LogP) is 0.627. The number of halogens is 1. The fraction of sp³-hybridized carbons (Fsp3) is 0.348. The molecule has 3 aromatic rings. The summed E-state index contributed by atoms with van der Waals surface area (Å²) in [5.41, 5.74) is 3.87. The van der Waals surface area contributed by atoms with Crippen molar-refractivity contribution in [2.75, 3.05) is 13.2 Å². The zero-order chi connectivity index (χ0) is 24.2. The van der Waals surface area contributed by atoms with Gasteiger partial charge in [-0.05, 0) is 22.4 Å². The molecular weight excluding hydrogens is 449 g/mol. The Morgan fingerprint density at radius 3 is 2.71 bits per heavy atom. The summed E-state index contributed by atoms with van der Waals surface area (Å²) >= 11 is 0. The molecule has 3 atom stereocenters. The molecule has 3 N–H and O–H groups in total. The number of nitrogens with zero attached hydrogens (tertiary/aromatic N) is 2. The molecule has 10 nitrogen and oxygen atoms in total. The second kappa shape index (κ2) is 10.3. The van der Waals surface area contributed by atoms with Gasteiger partial charge in [0.2, 0.25) is 5.82 Å². The highest BCUT2D eigenvalue weighted by Crippen LogP contribution is 2.30. The van der Waals surface area contributed by atoms with E-state index in [1.807, 2.05) is 42.5 Å². The minimum atomic E-state index is -1.24. The summed E-state index contributed by atoms with van der Waals surface area (Å²) in [5, 5.41) is 11.9. The average Bonchev–Trinajstić information content (AvgIpc) is 3.27. The number of esters is 1. The first kappa shape index (κ1) is 23.8. The first-order valence-electron chi connectivity index (χ1n) is 10.6. The summed E-state index contributed by atoms with van der Waals surface area (Å²) in [4.78, 5) is 36.1. The van der Waals surface area contributed by atoms with Crippen molar-refractivity contribution in [2.24, 2.45) is 5.73 Å². The van der Waals surface area contributed by atoms with Gasteiger partial charge in [0.1, 0.15) is 12.3 Å². The Morgan fingerprint density at radius 1 is 1.21 bits per heavy atom. The third-order valence-corrected chi connectivity index (χ3v) is 5.62. The molecule has 1 aliphatic heterocycles. The average molecular weight is 473 g/mol. The molecule has 2 heterocycles. The Kier molecular flexibility index (Phi) is 7.17. The first-order valence-corrected chi connectivity index (χ1v) is 10.6. The number of aromatic nitrogens is 2. The molecule has 34 heavy (non-hydrogen) atoms. The van der Waals surface area contributed by atoms with Crippen molar-refractivity contribution in [1.82, 2.24) is 9.13 Å². The van der Waals surface area contributed by atoms with E-state index in [-0.39, 0.29) is 19.6 Å². The van der Waals surface area contributed by atoms with Crippen molar-refractivity contribution >= 4 is 16.7 Å². The smallest absolute Gasteiger partial charge is 0.336 e. The minimum Gasteiger partial charge on any atom is -0.443 e. The molecule has 2 aromatic carbocycles. The van der Waals surface area contributed by atoms with E-state index in [9.17, 15) is 23.9 Å². The normalized spacial score (nSPS) is 20.0. The van der Waals surface area contributed by atoms with Crippen molar-refractivity contribution in [1.29, 1.82) is 0 Å². The Bertz CT molecular complexity index is 1310. The number of ether oxygens (including phenoxy) is 3. The molecule has 0 bridgehead atoms. The SMILES string of the molecule is NCC(=O)OCn1c(=O)c(F)cn([C@H]2C[C@H](OCc3ccc4ccccc4c3)[C@@H](CO)O2)c1=O. The Hall–Kier alpha value is -3.38. The summed E-state index contributed by atoms with van der Waals surface area (Å²) in [6.07, 6.45) is -1.50. The molecule has 0 amide bonds. The molecule has 1 saturated heterocycles. The summed E-state index contributed by atoms with van der Waals surface area (Å²) in [6, 6.07) is 13.8. The summed E-state index contributed by atoms with van der Waals surface area (Å²) in [5.74, 6) is -2.09. The Labute approximate surface area is 192 Å². The van der Waals surface area contributed by atoms with Crippen LogP contribution in [-0.4, -0.2) is 45.6 Å². The van der Waals surface area contributed by atoms with Gasteiger partial charge >= 0.3 is 11.7 Å². The standard InChI is InChI=1S/C23H24FN3O7/c24-17-10-26(23(31)27(22(17)30)13-33-21(29)9-25)20-8-18(19(11-28)34-20)32-12-14-5-6-15-3-1-2-4-16(15)7-14/h1-7,10,18-20,28H,8-9,11-13,25H2/t18-,19+,20+/m0/s1. The van der Waals surface area contributed by atoms with E-state index < -0.39 is 54.7 Å². The highest BCUT2D eigenvalue weighted by Gasteiger charge is 2.37. The zero-order valence-corrected chi connectivity index (χ0v) is 18.1. The molecule has 0 aliphatic carbocycles. The number of benzene rings is 2. The molecule has 1 fully saturated rings. The van der Waals surface area contributed by atoms with Gasteiger partial charge in [-0.15, -0.1) is 0 Å². The van der Waals surface area contributed by atoms with Crippen molar-refractivity contribution in [2.45, 2.75) is 38.2 Å². The maximum atomic E-state index is 14.3. The van der Waals surface area contributed by atoms with Crippen molar-refractivity contribution in [3.63, 3.8) is 0 Å². The lowest BCUT2D eigenvalue weighted by molar-refractivity contribution is -0.146. The number of hydrogen-bond donors (Lipinski definition) is 2. The van der Waals surface area contributed by atoms with Crippen molar-refractivity contribution in [3.05, 3.63) is 80.9 Å². The van der Waals surface area contributed by atoms with Crippen LogP contribution in [0.2, 0.25) is 0 Å². The molecular formula is C23H24FN3O7. The van der Waals surface area contributed by atoms with Crippen LogP contribution in [0.1, 0.15) is 18.2 Å². The number of rotatable bonds is 8. The van der Waals surface area contributed by atoms with Gasteiger partial charge in [-0.25, -0.2) is 9.36 Å². The molecule has 0 spiro atoms. The van der Waals surface area contributed by atoms with Gasteiger partial charge in [-0.2, -0.15) is 4.39 Å². The molecule has 0 unspecified atom stereocenters. The van der Waals surface area contributed by atoms with Gasteiger partial charge in [0, 0.05) is 6.42 Å². The number of carbonyl (C=O) groups excluding carboxylic acids is 1. The van der Waals surface area contributed by atoms with E-state index in [1.54, 1.807) is 0 Å². The first-order chi connectivity index (χ1) is 16.4. The van der Waals surface area contributed by atoms with Crippen LogP contribution < -0.4 is 17.0 Å². The van der Waals surface area contributed by atoms with Crippen LogP contribution in [-0.2, 0) is 32.3 Å². The largest absolute Gasteiger partial charge is 0.443 e. The molecule has 0 saturated carbocycles. The Balaban J connectivity index is 1.51. The highest BCUT2D eigenvalue weighted by molar-refractivity contribution is 5.82. The van der Waals surface area contributed by atoms with Gasteiger partial charge in [0.25, 0.3) is 5.56 Å². The predicted molar refractivity (Wildman–Crippen MR) is 118 cm³/mol. The van der Waals surface area contributed by atoms with E-state index in [0.29, 0.717) is 4.57 Å². The molecule has 11 heteroatoms. The van der Waals surface area contributed by atoms with Crippen LogP contribution in [0.25, 0.3) is 10.8 Å². The van der Waals surface area contributed by atoms with E-state index >= 15 is 0 Å². The Morgan fingerprint density at radius 2 is 1.97 bits per heavy atom. The lowest BCUT2D eigenvalue weighted by Crippen LogP contribution is -2.43. The maximum Gasteiger partial charge on any atom is 0.336 e. The van der Waals surface area contributed by atoms with E-state index in [1.165, 1.54) is 0 Å². The lowest BCUT2D eigenvalue weighted by atomic mass is 10.1. The topological polar surface area (TPSA) is 135 Å². The zero-order valence-electron chi connectivity index (χ0n) is 18.1. The summed E-state index contributed by atoms with van der Waals surface area (Å²) < 4.78 is 32.0. The van der Waals surface area contributed by atoms with Crippen LogP contribution in [0.4, 0.5) is 4.39 Å².